The van der Waals surface area contributed by atoms with Gasteiger partial charge in [0.1, 0.15) is 16.5 Å². The average Bonchev–Trinajstić information content (AvgIpc) is 3.27. The molecule has 178 valence electrons. The summed E-state index contributed by atoms with van der Waals surface area (Å²) < 4.78 is 12.8. The summed E-state index contributed by atoms with van der Waals surface area (Å²) in [4.78, 5) is 2.16. The van der Waals surface area contributed by atoms with Crippen molar-refractivity contribution in [3.05, 3.63) is 53.8 Å². The van der Waals surface area contributed by atoms with Crippen molar-refractivity contribution in [1.82, 2.24) is 25.3 Å². The number of ether oxygens (including phenoxy) is 2. The molecule has 4 aromatic rings. The standard InChI is InChI=1S/C25H29ClN6O2/c1-16(2)27-8-9-32(23-12-20(33-4)13-24(34-5)25(23)26)19-6-7-21-17(10-19)11-22(30-29-21)18-14-28-31(3)15-18/h6-7,10-16,27H,8-9H2,1-5H3. The van der Waals surface area contributed by atoms with Gasteiger partial charge < -0.3 is 19.7 Å². The van der Waals surface area contributed by atoms with Crippen LogP contribution >= 0.6 is 11.6 Å². The molecule has 8 nitrogen and oxygen atoms in total. The molecule has 1 N–H and O–H groups in total. The van der Waals surface area contributed by atoms with Crippen LogP contribution in [-0.4, -0.2) is 53.3 Å². The van der Waals surface area contributed by atoms with E-state index in [0.29, 0.717) is 29.1 Å². The molecule has 0 radical (unpaired) electrons. The molecule has 0 aliphatic carbocycles. The lowest BCUT2D eigenvalue weighted by molar-refractivity contribution is 0.394. The second-order valence-corrected chi connectivity index (χ2v) is 8.68. The number of aryl methyl sites for hydroxylation is 1. The van der Waals surface area contributed by atoms with Crippen molar-refractivity contribution in [2.75, 3.05) is 32.2 Å². The fourth-order valence-corrected chi connectivity index (χ4v) is 4.06. The molecule has 0 amide bonds. The molecule has 4 rings (SSSR count). The van der Waals surface area contributed by atoms with Gasteiger partial charge in [0.15, 0.2) is 0 Å². The highest BCUT2D eigenvalue weighted by atomic mass is 35.5. The van der Waals surface area contributed by atoms with Crippen molar-refractivity contribution in [1.29, 1.82) is 0 Å². The average molecular weight is 481 g/mol. The molecule has 2 aromatic carbocycles. The predicted octanol–water partition coefficient (Wildman–Crippen LogP) is 4.84. The third-order valence-corrected chi connectivity index (χ3v) is 5.89. The summed E-state index contributed by atoms with van der Waals surface area (Å²) in [5, 5.41) is 18.0. The van der Waals surface area contributed by atoms with E-state index in [1.807, 2.05) is 37.5 Å². The molecule has 2 aromatic heterocycles. The van der Waals surface area contributed by atoms with E-state index in [9.17, 15) is 0 Å². The molecule has 0 saturated heterocycles. The van der Waals surface area contributed by atoms with Gasteiger partial charge in [-0.3, -0.25) is 4.68 Å². The van der Waals surface area contributed by atoms with E-state index in [1.165, 1.54) is 0 Å². The zero-order chi connectivity index (χ0) is 24.2. The first-order valence-electron chi connectivity index (χ1n) is 11.1. The zero-order valence-electron chi connectivity index (χ0n) is 20.0. The smallest absolute Gasteiger partial charge is 0.143 e. The van der Waals surface area contributed by atoms with E-state index in [4.69, 9.17) is 21.1 Å². The number of benzene rings is 2. The Kier molecular flexibility index (Phi) is 7.19. The van der Waals surface area contributed by atoms with Crippen molar-refractivity contribution < 1.29 is 9.47 Å². The number of fused-ring (bicyclic) bond motifs is 1. The van der Waals surface area contributed by atoms with Gasteiger partial charge in [-0.15, -0.1) is 10.2 Å². The highest BCUT2D eigenvalue weighted by Gasteiger charge is 2.19. The summed E-state index contributed by atoms with van der Waals surface area (Å²) >= 11 is 6.78. The van der Waals surface area contributed by atoms with Gasteiger partial charge in [0.25, 0.3) is 0 Å². The van der Waals surface area contributed by atoms with Gasteiger partial charge in [0.05, 0.1) is 37.3 Å². The number of hydrogen-bond donors (Lipinski definition) is 1. The van der Waals surface area contributed by atoms with Crippen molar-refractivity contribution in [3.63, 3.8) is 0 Å². The Balaban J connectivity index is 1.80. The first-order valence-corrected chi connectivity index (χ1v) is 11.5. The van der Waals surface area contributed by atoms with E-state index >= 15 is 0 Å². The lowest BCUT2D eigenvalue weighted by Crippen LogP contribution is -2.32. The highest BCUT2D eigenvalue weighted by Crippen LogP contribution is 2.41. The van der Waals surface area contributed by atoms with Crippen molar-refractivity contribution >= 4 is 33.9 Å². The van der Waals surface area contributed by atoms with E-state index in [0.717, 1.165) is 40.1 Å². The van der Waals surface area contributed by atoms with Crippen LogP contribution in [0.5, 0.6) is 11.5 Å². The maximum atomic E-state index is 6.78. The van der Waals surface area contributed by atoms with Crippen LogP contribution in [0.25, 0.3) is 22.2 Å². The third kappa shape index (κ3) is 5.08. The minimum atomic E-state index is 0.367. The number of rotatable bonds is 9. The van der Waals surface area contributed by atoms with Gasteiger partial charge in [0, 0.05) is 61.1 Å². The van der Waals surface area contributed by atoms with Crippen LogP contribution in [0.3, 0.4) is 0 Å². The number of nitrogens with zero attached hydrogens (tertiary/aromatic N) is 5. The van der Waals surface area contributed by atoms with Gasteiger partial charge in [-0.2, -0.15) is 5.10 Å². The Hall–Kier alpha value is -3.36. The lowest BCUT2D eigenvalue weighted by atomic mass is 10.1. The van der Waals surface area contributed by atoms with Gasteiger partial charge in [-0.1, -0.05) is 25.4 Å². The molecule has 0 bridgehead atoms. The molecule has 0 aliphatic rings. The fourth-order valence-electron chi connectivity index (χ4n) is 3.77. The summed E-state index contributed by atoms with van der Waals surface area (Å²) in [7, 11) is 5.11. The Bertz CT molecular complexity index is 1290. The Morgan fingerprint density at radius 1 is 1.09 bits per heavy atom. The van der Waals surface area contributed by atoms with Crippen LogP contribution in [0, 0.1) is 0 Å². The monoisotopic (exact) mass is 480 g/mol. The summed E-state index contributed by atoms with van der Waals surface area (Å²) in [6, 6.07) is 12.2. The number of nitrogens with one attached hydrogen (secondary N) is 1. The Morgan fingerprint density at radius 3 is 2.59 bits per heavy atom. The van der Waals surface area contributed by atoms with Crippen LogP contribution < -0.4 is 19.7 Å². The van der Waals surface area contributed by atoms with E-state index in [2.05, 4.69) is 45.4 Å². The van der Waals surface area contributed by atoms with Crippen LogP contribution in [0.15, 0.2) is 48.8 Å². The molecule has 34 heavy (non-hydrogen) atoms. The minimum Gasteiger partial charge on any atom is -0.497 e. The summed E-state index contributed by atoms with van der Waals surface area (Å²) in [5.74, 6) is 1.23. The maximum absolute atomic E-state index is 6.78. The van der Waals surface area contributed by atoms with Gasteiger partial charge >= 0.3 is 0 Å². The van der Waals surface area contributed by atoms with Crippen LogP contribution in [0.1, 0.15) is 13.8 Å². The Labute approximate surface area is 204 Å². The molecule has 0 aliphatic heterocycles. The molecule has 0 spiro atoms. The molecule has 0 unspecified atom stereocenters. The van der Waals surface area contributed by atoms with E-state index < -0.39 is 0 Å². The number of halogens is 1. The Morgan fingerprint density at radius 2 is 1.91 bits per heavy atom. The minimum absolute atomic E-state index is 0.367. The third-order valence-electron chi connectivity index (χ3n) is 5.51. The van der Waals surface area contributed by atoms with Crippen molar-refractivity contribution in [2.24, 2.45) is 7.05 Å². The second-order valence-electron chi connectivity index (χ2n) is 8.30. The summed E-state index contributed by atoms with van der Waals surface area (Å²) in [5.41, 5.74) is 4.27. The first kappa shape index (κ1) is 23.8. The number of anilines is 2. The summed E-state index contributed by atoms with van der Waals surface area (Å²) in [6.07, 6.45) is 3.71. The quantitative estimate of drug-likeness (QED) is 0.367. The van der Waals surface area contributed by atoms with Crippen LogP contribution in [0.2, 0.25) is 5.02 Å². The SMILES string of the molecule is COc1cc(OC)c(Cl)c(N(CCNC(C)C)c2ccc3nnc(-c4cnn(C)c4)cc3c2)c1. The molecular formula is C25H29ClN6O2. The van der Waals surface area contributed by atoms with Crippen molar-refractivity contribution in [3.8, 4) is 22.8 Å². The predicted molar refractivity (Wildman–Crippen MR) is 136 cm³/mol. The van der Waals surface area contributed by atoms with Crippen molar-refractivity contribution in [2.45, 2.75) is 19.9 Å². The first-order chi connectivity index (χ1) is 16.4. The normalized spacial score (nSPS) is 11.3. The molecule has 9 heteroatoms. The molecular weight excluding hydrogens is 452 g/mol. The molecule has 0 atom stereocenters. The fraction of sp³-hybridized carbons (Fsp3) is 0.320. The van der Waals surface area contributed by atoms with Crippen LogP contribution in [0.4, 0.5) is 11.4 Å². The number of methoxy groups -OCH3 is 2. The summed E-state index contributed by atoms with van der Waals surface area (Å²) in [6.45, 7) is 5.70. The molecule has 0 saturated carbocycles. The lowest BCUT2D eigenvalue weighted by Gasteiger charge is -2.28. The van der Waals surface area contributed by atoms with E-state index in [-0.39, 0.29) is 0 Å². The van der Waals surface area contributed by atoms with E-state index in [1.54, 1.807) is 31.2 Å². The number of hydrogen-bond acceptors (Lipinski definition) is 7. The zero-order valence-corrected chi connectivity index (χ0v) is 20.8. The maximum Gasteiger partial charge on any atom is 0.143 e. The second kappa shape index (κ2) is 10.3. The van der Waals surface area contributed by atoms with Gasteiger partial charge in [0.2, 0.25) is 0 Å². The van der Waals surface area contributed by atoms with Gasteiger partial charge in [-0.25, -0.2) is 0 Å². The topological polar surface area (TPSA) is 77.3 Å². The highest BCUT2D eigenvalue weighted by molar-refractivity contribution is 6.35. The number of aromatic nitrogens is 4. The van der Waals surface area contributed by atoms with Gasteiger partial charge in [-0.05, 0) is 24.3 Å². The van der Waals surface area contributed by atoms with Crippen LogP contribution in [-0.2, 0) is 7.05 Å². The molecule has 0 fully saturated rings. The molecule has 2 heterocycles. The largest absolute Gasteiger partial charge is 0.497 e.